The fraction of sp³-hybridized carbons (Fsp3) is 0.867. The second-order valence-electron chi connectivity index (χ2n) is 6.18. The van der Waals surface area contributed by atoms with Crippen molar-refractivity contribution < 1.29 is 14.7 Å². The van der Waals surface area contributed by atoms with Crippen LogP contribution in [0.5, 0.6) is 0 Å². The Morgan fingerprint density at radius 2 is 1.68 bits per heavy atom. The molecule has 0 bridgehead atoms. The third-order valence-electron chi connectivity index (χ3n) is 4.60. The minimum Gasteiger partial charge on any atom is -0.481 e. The summed E-state index contributed by atoms with van der Waals surface area (Å²) < 4.78 is 0. The summed E-state index contributed by atoms with van der Waals surface area (Å²) in [7, 11) is 0. The van der Waals surface area contributed by atoms with Crippen molar-refractivity contribution in [3.8, 4) is 0 Å². The first-order valence-corrected chi connectivity index (χ1v) is 7.63. The van der Waals surface area contributed by atoms with Crippen LogP contribution in [0.25, 0.3) is 0 Å². The van der Waals surface area contributed by atoms with Crippen molar-refractivity contribution >= 4 is 11.9 Å². The molecule has 2 aliphatic carbocycles. The van der Waals surface area contributed by atoms with Gasteiger partial charge in [0.25, 0.3) is 0 Å². The van der Waals surface area contributed by atoms with Gasteiger partial charge >= 0.3 is 5.97 Å². The van der Waals surface area contributed by atoms with Crippen LogP contribution in [0.2, 0.25) is 0 Å². The number of carboxylic acid groups (broad SMARTS) is 1. The molecular weight excluding hydrogens is 242 g/mol. The first-order valence-electron chi connectivity index (χ1n) is 7.63. The molecule has 0 saturated heterocycles. The Morgan fingerprint density at radius 1 is 1.11 bits per heavy atom. The average Bonchev–Trinajstić information content (AvgIpc) is 3.22. The predicted molar refractivity (Wildman–Crippen MR) is 72.6 cm³/mol. The molecule has 1 amide bonds. The van der Waals surface area contributed by atoms with Gasteiger partial charge in [0.1, 0.15) is 0 Å². The Morgan fingerprint density at radius 3 is 2.16 bits per heavy atom. The van der Waals surface area contributed by atoms with E-state index in [1.807, 2.05) is 0 Å². The van der Waals surface area contributed by atoms with Crippen molar-refractivity contribution in [1.29, 1.82) is 0 Å². The topological polar surface area (TPSA) is 66.4 Å². The predicted octanol–water partition coefficient (Wildman–Crippen LogP) is 2.57. The summed E-state index contributed by atoms with van der Waals surface area (Å²) in [6.45, 7) is 2.12. The van der Waals surface area contributed by atoms with E-state index in [2.05, 4.69) is 12.2 Å². The van der Waals surface area contributed by atoms with Crippen LogP contribution in [0.4, 0.5) is 0 Å². The van der Waals surface area contributed by atoms with E-state index >= 15 is 0 Å². The maximum atomic E-state index is 12.2. The lowest BCUT2D eigenvalue weighted by Gasteiger charge is -2.27. The molecule has 2 N–H and O–H groups in total. The minimum absolute atomic E-state index is 0.0313. The van der Waals surface area contributed by atoms with Crippen LogP contribution in [0.1, 0.15) is 58.3 Å². The second-order valence-corrected chi connectivity index (χ2v) is 6.18. The zero-order valence-corrected chi connectivity index (χ0v) is 11.7. The van der Waals surface area contributed by atoms with Crippen LogP contribution < -0.4 is 5.32 Å². The van der Waals surface area contributed by atoms with Crippen LogP contribution in [-0.4, -0.2) is 23.0 Å². The summed E-state index contributed by atoms with van der Waals surface area (Å²) in [6.07, 6.45) is 7.48. The van der Waals surface area contributed by atoms with E-state index in [4.69, 9.17) is 5.11 Å². The van der Waals surface area contributed by atoms with Gasteiger partial charge in [-0.05, 0) is 44.4 Å². The van der Waals surface area contributed by atoms with Gasteiger partial charge in [0.05, 0.1) is 5.92 Å². The summed E-state index contributed by atoms with van der Waals surface area (Å²) >= 11 is 0. The smallest absolute Gasteiger partial charge is 0.306 e. The summed E-state index contributed by atoms with van der Waals surface area (Å²) in [4.78, 5) is 23.1. The van der Waals surface area contributed by atoms with Gasteiger partial charge in [-0.1, -0.05) is 19.8 Å². The molecule has 0 spiro atoms. The largest absolute Gasteiger partial charge is 0.481 e. The molecule has 108 valence electrons. The van der Waals surface area contributed by atoms with Gasteiger partial charge in [0, 0.05) is 12.0 Å². The quantitative estimate of drug-likeness (QED) is 0.777. The van der Waals surface area contributed by atoms with Crippen molar-refractivity contribution in [2.75, 3.05) is 0 Å². The molecule has 0 radical (unpaired) electrons. The molecule has 0 aromatic heterocycles. The lowest BCUT2D eigenvalue weighted by atomic mass is 9.81. The lowest BCUT2D eigenvalue weighted by molar-refractivity contribution is -0.144. The maximum absolute atomic E-state index is 12.2. The second kappa shape index (κ2) is 6.40. The average molecular weight is 267 g/mol. The van der Waals surface area contributed by atoms with E-state index in [1.54, 1.807) is 0 Å². The molecule has 0 aromatic rings. The molecule has 1 unspecified atom stereocenters. The molecule has 4 heteroatoms. The highest BCUT2D eigenvalue weighted by Gasteiger charge is 2.31. The number of hydrogen-bond donors (Lipinski definition) is 2. The van der Waals surface area contributed by atoms with E-state index in [1.165, 1.54) is 12.8 Å². The molecule has 2 rings (SSSR count). The van der Waals surface area contributed by atoms with Gasteiger partial charge in [-0.2, -0.15) is 0 Å². The summed E-state index contributed by atoms with van der Waals surface area (Å²) in [5.74, 6) is 0.0599. The first-order chi connectivity index (χ1) is 9.10. The van der Waals surface area contributed by atoms with Crippen molar-refractivity contribution in [3.05, 3.63) is 0 Å². The highest BCUT2D eigenvalue weighted by atomic mass is 16.4. The molecule has 0 heterocycles. The van der Waals surface area contributed by atoms with Gasteiger partial charge in [-0.25, -0.2) is 0 Å². The molecule has 1 atom stereocenters. The van der Waals surface area contributed by atoms with Crippen LogP contribution in [-0.2, 0) is 9.59 Å². The minimum atomic E-state index is -0.709. The SMILES string of the molecule is CCC(CC1CC1)NC(=O)C1CCC(C(=O)O)CC1. The van der Waals surface area contributed by atoms with Crippen LogP contribution >= 0.6 is 0 Å². The summed E-state index contributed by atoms with van der Waals surface area (Å²) in [5.41, 5.74) is 0. The summed E-state index contributed by atoms with van der Waals surface area (Å²) in [6, 6.07) is 0.317. The zero-order chi connectivity index (χ0) is 13.8. The third-order valence-corrected chi connectivity index (χ3v) is 4.60. The number of carbonyl (C=O) groups excluding carboxylic acids is 1. The first kappa shape index (κ1) is 14.4. The summed E-state index contributed by atoms with van der Waals surface area (Å²) in [5, 5.41) is 12.1. The standard InChI is InChI=1S/C15H25NO3/c1-2-13(9-10-3-4-10)16-14(17)11-5-7-12(8-6-11)15(18)19/h10-13H,2-9H2,1H3,(H,16,17)(H,18,19). The molecule has 2 fully saturated rings. The van der Waals surface area contributed by atoms with Crippen LogP contribution in [0.3, 0.4) is 0 Å². The van der Waals surface area contributed by atoms with E-state index < -0.39 is 5.97 Å². The number of amides is 1. The van der Waals surface area contributed by atoms with Crippen molar-refractivity contribution in [3.63, 3.8) is 0 Å². The number of carboxylic acids is 1. The number of carbonyl (C=O) groups is 2. The van der Waals surface area contributed by atoms with Gasteiger partial charge in [0.2, 0.25) is 5.91 Å². The molecule has 2 saturated carbocycles. The Labute approximate surface area is 115 Å². The lowest BCUT2D eigenvalue weighted by Crippen LogP contribution is -2.40. The van der Waals surface area contributed by atoms with Crippen LogP contribution in [0, 0.1) is 17.8 Å². The maximum Gasteiger partial charge on any atom is 0.306 e. The van der Waals surface area contributed by atoms with E-state index in [9.17, 15) is 9.59 Å². The normalized spacial score (nSPS) is 28.7. The van der Waals surface area contributed by atoms with Gasteiger partial charge in [-0.3, -0.25) is 9.59 Å². The van der Waals surface area contributed by atoms with Crippen molar-refractivity contribution in [2.45, 2.75) is 64.3 Å². The molecule has 2 aliphatic rings. The van der Waals surface area contributed by atoms with Gasteiger partial charge in [0.15, 0.2) is 0 Å². The van der Waals surface area contributed by atoms with E-state index in [0.29, 0.717) is 18.9 Å². The molecule has 19 heavy (non-hydrogen) atoms. The number of nitrogens with one attached hydrogen (secondary N) is 1. The van der Waals surface area contributed by atoms with E-state index in [-0.39, 0.29) is 17.7 Å². The fourth-order valence-corrected chi connectivity index (χ4v) is 3.01. The highest BCUT2D eigenvalue weighted by molar-refractivity contribution is 5.79. The van der Waals surface area contributed by atoms with Crippen molar-refractivity contribution in [1.82, 2.24) is 5.32 Å². The number of aliphatic carboxylic acids is 1. The van der Waals surface area contributed by atoms with Gasteiger partial charge in [-0.15, -0.1) is 0 Å². The molecule has 0 aliphatic heterocycles. The Kier molecular flexibility index (Phi) is 4.83. The monoisotopic (exact) mass is 267 g/mol. The Balaban J connectivity index is 1.75. The van der Waals surface area contributed by atoms with E-state index in [0.717, 1.165) is 31.6 Å². The highest BCUT2D eigenvalue weighted by Crippen LogP contribution is 2.34. The molecule has 0 aromatic carbocycles. The van der Waals surface area contributed by atoms with Gasteiger partial charge < -0.3 is 10.4 Å². The molecular formula is C15H25NO3. The van der Waals surface area contributed by atoms with Crippen LogP contribution in [0.15, 0.2) is 0 Å². The third kappa shape index (κ3) is 4.22. The zero-order valence-electron chi connectivity index (χ0n) is 11.7. The van der Waals surface area contributed by atoms with Crippen molar-refractivity contribution in [2.24, 2.45) is 17.8 Å². The number of hydrogen-bond acceptors (Lipinski definition) is 2. The molecule has 4 nitrogen and oxygen atoms in total. The Bertz CT molecular complexity index is 330. The number of rotatable bonds is 6. The Hall–Kier alpha value is -1.06. The fourth-order valence-electron chi connectivity index (χ4n) is 3.01.